The van der Waals surface area contributed by atoms with Gasteiger partial charge < -0.3 is 19.7 Å². The van der Waals surface area contributed by atoms with Gasteiger partial charge in [-0.05, 0) is 48.0 Å². The molecule has 0 aliphatic heterocycles. The highest BCUT2D eigenvalue weighted by Crippen LogP contribution is 2.17. The summed E-state index contributed by atoms with van der Waals surface area (Å²) in [5, 5.41) is 2.84. The van der Waals surface area contributed by atoms with Crippen LogP contribution in [-0.2, 0) is 11.3 Å². The number of carbonyl (C=O) groups excluding carboxylic acids is 2. The number of hydrogen-bond donors (Lipinski definition) is 1. The van der Waals surface area contributed by atoms with Gasteiger partial charge in [-0.3, -0.25) is 9.59 Å². The molecule has 3 aromatic rings. The van der Waals surface area contributed by atoms with Crippen LogP contribution in [0.5, 0.6) is 5.75 Å². The van der Waals surface area contributed by atoms with E-state index in [1.54, 1.807) is 67.6 Å². The van der Waals surface area contributed by atoms with Gasteiger partial charge in [0.15, 0.2) is 0 Å². The first kappa shape index (κ1) is 22.1. The maximum absolute atomic E-state index is 12.8. The van der Waals surface area contributed by atoms with Crippen molar-refractivity contribution in [1.29, 1.82) is 0 Å². The molecule has 0 aliphatic rings. The van der Waals surface area contributed by atoms with Crippen LogP contribution < -0.4 is 10.1 Å². The highest BCUT2D eigenvalue weighted by Gasteiger charge is 2.14. The monoisotopic (exact) mass is 418 g/mol. The Bertz CT molecular complexity index is 1000. The zero-order valence-electron chi connectivity index (χ0n) is 17.7. The summed E-state index contributed by atoms with van der Waals surface area (Å²) in [5.41, 5.74) is 2.62. The number of rotatable bonds is 9. The van der Waals surface area contributed by atoms with Crippen LogP contribution in [0.4, 0.5) is 5.69 Å². The van der Waals surface area contributed by atoms with Crippen molar-refractivity contribution in [3.05, 3.63) is 95.6 Å². The molecule has 0 bridgehead atoms. The number of amides is 2. The Hall–Kier alpha value is -3.64. The van der Waals surface area contributed by atoms with E-state index in [1.807, 2.05) is 30.3 Å². The van der Waals surface area contributed by atoms with E-state index in [4.69, 9.17) is 9.47 Å². The largest absolute Gasteiger partial charge is 0.491 e. The zero-order chi connectivity index (χ0) is 22.1. The molecule has 2 amide bonds. The van der Waals surface area contributed by atoms with Gasteiger partial charge in [0, 0.05) is 37.5 Å². The SMILES string of the molecule is COCCOc1ccc(C(=O)Nc2cccc(C(=O)N(C)Cc3ccccc3)c2)cc1. The van der Waals surface area contributed by atoms with Gasteiger partial charge >= 0.3 is 0 Å². The fourth-order valence-corrected chi connectivity index (χ4v) is 3.03. The van der Waals surface area contributed by atoms with Crippen molar-refractivity contribution in [2.45, 2.75) is 6.54 Å². The van der Waals surface area contributed by atoms with Crippen LogP contribution in [-0.4, -0.2) is 44.1 Å². The number of nitrogens with one attached hydrogen (secondary N) is 1. The first-order valence-corrected chi connectivity index (χ1v) is 9.99. The molecule has 6 nitrogen and oxygen atoms in total. The molecular formula is C25H26N2O4. The molecule has 0 atom stereocenters. The van der Waals surface area contributed by atoms with Crippen molar-refractivity contribution >= 4 is 17.5 Å². The highest BCUT2D eigenvalue weighted by atomic mass is 16.5. The molecule has 3 rings (SSSR count). The third-order valence-corrected chi connectivity index (χ3v) is 4.65. The summed E-state index contributed by atoms with van der Waals surface area (Å²) < 4.78 is 10.5. The Morgan fingerprint density at radius 1 is 0.871 bits per heavy atom. The zero-order valence-corrected chi connectivity index (χ0v) is 17.7. The van der Waals surface area contributed by atoms with Gasteiger partial charge in [-0.2, -0.15) is 0 Å². The minimum Gasteiger partial charge on any atom is -0.491 e. The van der Waals surface area contributed by atoms with E-state index in [0.717, 1.165) is 5.56 Å². The quantitative estimate of drug-likeness (QED) is 0.528. The number of anilines is 1. The van der Waals surface area contributed by atoms with Crippen molar-refractivity contribution in [3.8, 4) is 5.75 Å². The van der Waals surface area contributed by atoms with E-state index in [9.17, 15) is 9.59 Å². The second kappa shape index (κ2) is 10.9. The second-order valence-corrected chi connectivity index (χ2v) is 7.05. The summed E-state index contributed by atoms with van der Waals surface area (Å²) in [6.07, 6.45) is 0. The first-order chi connectivity index (χ1) is 15.1. The van der Waals surface area contributed by atoms with Crippen molar-refractivity contribution in [1.82, 2.24) is 4.90 Å². The molecule has 1 N–H and O–H groups in total. The third-order valence-electron chi connectivity index (χ3n) is 4.65. The van der Waals surface area contributed by atoms with Crippen molar-refractivity contribution < 1.29 is 19.1 Å². The topological polar surface area (TPSA) is 67.9 Å². The minimum absolute atomic E-state index is 0.113. The fraction of sp³-hybridized carbons (Fsp3) is 0.200. The van der Waals surface area contributed by atoms with Crippen LogP contribution in [0.1, 0.15) is 26.3 Å². The predicted molar refractivity (Wildman–Crippen MR) is 120 cm³/mol. The standard InChI is InChI=1S/C25H26N2O4/c1-27(18-19-7-4-3-5-8-19)25(29)21-9-6-10-22(17-21)26-24(28)20-11-13-23(14-12-20)31-16-15-30-2/h3-14,17H,15-16,18H2,1-2H3,(H,26,28). The Morgan fingerprint density at radius 3 is 2.32 bits per heavy atom. The molecule has 0 saturated heterocycles. The molecular weight excluding hydrogens is 392 g/mol. The molecule has 0 aromatic heterocycles. The van der Waals surface area contributed by atoms with Gasteiger partial charge in [0.25, 0.3) is 11.8 Å². The van der Waals surface area contributed by atoms with Crippen LogP contribution >= 0.6 is 0 Å². The molecule has 31 heavy (non-hydrogen) atoms. The maximum Gasteiger partial charge on any atom is 0.255 e. The van der Waals surface area contributed by atoms with Crippen LogP contribution in [0.15, 0.2) is 78.9 Å². The number of nitrogens with zero attached hydrogens (tertiary/aromatic N) is 1. The van der Waals surface area contributed by atoms with Gasteiger partial charge in [-0.25, -0.2) is 0 Å². The molecule has 0 radical (unpaired) electrons. The van der Waals surface area contributed by atoms with Crippen LogP contribution in [0.3, 0.4) is 0 Å². The Balaban J connectivity index is 1.61. The van der Waals surface area contributed by atoms with Crippen LogP contribution in [0.2, 0.25) is 0 Å². The van der Waals surface area contributed by atoms with E-state index in [1.165, 1.54) is 0 Å². The molecule has 0 heterocycles. The maximum atomic E-state index is 12.8. The summed E-state index contributed by atoms with van der Waals surface area (Å²) >= 11 is 0. The van der Waals surface area contributed by atoms with Gasteiger partial charge in [-0.1, -0.05) is 36.4 Å². The molecule has 0 aliphatic carbocycles. The van der Waals surface area contributed by atoms with E-state index in [0.29, 0.717) is 42.3 Å². The molecule has 3 aromatic carbocycles. The highest BCUT2D eigenvalue weighted by molar-refractivity contribution is 6.05. The lowest BCUT2D eigenvalue weighted by molar-refractivity contribution is 0.0784. The van der Waals surface area contributed by atoms with Gasteiger partial charge in [0.1, 0.15) is 12.4 Å². The van der Waals surface area contributed by atoms with E-state index in [-0.39, 0.29) is 11.8 Å². The van der Waals surface area contributed by atoms with Crippen molar-refractivity contribution in [2.75, 3.05) is 32.7 Å². The summed E-state index contributed by atoms with van der Waals surface area (Å²) in [6.45, 7) is 1.45. The average Bonchev–Trinajstić information content (AvgIpc) is 2.80. The van der Waals surface area contributed by atoms with Gasteiger partial charge in [0.2, 0.25) is 0 Å². The Morgan fingerprint density at radius 2 is 1.61 bits per heavy atom. The van der Waals surface area contributed by atoms with Gasteiger partial charge in [0.05, 0.1) is 6.61 Å². The van der Waals surface area contributed by atoms with E-state index in [2.05, 4.69) is 5.32 Å². The number of carbonyl (C=O) groups is 2. The summed E-state index contributed by atoms with van der Waals surface area (Å²) in [5.74, 6) is 0.297. The molecule has 160 valence electrons. The molecule has 0 unspecified atom stereocenters. The second-order valence-electron chi connectivity index (χ2n) is 7.05. The number of ether oxygens (including phenoxy) is 2. The first-order valence-electron chi connectivity index (χ1n) is 9.99. The fourth-order valence-electron chi connectivity index (χ4n) is 3.03. The molecule has 6 heteroatoms. The number of methoxy groups -OCH3 is 1. The normalized spacial score (nSPS) is 10.4. The van der Waals surface area contributed by atoms with Gasteiger partial charge in [-0.15, -0.1) is 0 Å². The molecule has 0 fully saturated rings. The van der Waals surface area contributed by atoms with E-state index >= 15 is 0 Å². The van der Waals surface area contributed by atoms with Crippen molar-refractivity contribution in [3.63, 3.8) is 0 Å². The third kappa shape index (κ3) is 6.42. The number of benzene rings is 3. The molecule has 0 saturated carbocycles. The van der Waals surface area contributed by atoms with Crippen molar-refractivity contribution in [2.24, 2.45) is 0 Å². The summed E-state index contributed by atoms with van der Waals surface area (Å²) in [6, 6.07) is 23.6. The minimum atomic E-state index is -0.259. The van der Waals surface area contributed by atoms with Crippen LogP contribution in [0.25, 0.3) is 0 Å². The summed E-state index contributed by atoms with van der Waals surface area (Å²) in [7, 11) is 3.37. The lowest BCUT2D eigenvalue weighted by atomic mass is 10.1. The lowest BCUT2D eigenvalue weighted by Gasteiger charge is -2.18. The van der Waals surface area contributed by atoms with E-state index < -0.39 is 0 Å². The molecule has 0 spiro atoms. The number of hydrogen-bond acceptors (Lipinski definition) is 4. The Kier molecular flexibility index (Phi) is 7.79. The smallest absolute Gasteiger partial charge is 0.255 e. The Labute approximate surface area is 182 Å². The lowest BCUT2D eigenvalue weighted by Crippen LogP contribution is -2.26. The predicted octanol–water partition coefficient (Wildman–Crippen LogP) is 4.24. The average molecular weight is 418 g/mol. The summed E-state index contributed by atoms with van der Waals surface area (Å²) in [4.78, 5) is 27.0. The van der Waals surface area contributed by atoms with Crippen LogP contribution in [0, 0.1) is 0 Å².